The van der Waals surface area contributed by atoms with Crippen molar-refractivity contribution in [2.24, 2.45) is 5.92 Å². The molecule has 1 aromatic rings. The van der Waals surface area contributed by atoms with Gasteiger partial charge in [0.2, 0.25) is 11.8 Å². The Morgan fingerprint density at radius 3 is 2.86 bits per heavy atom. The lowest BCUT2D eigenvalue weighted by atomic mass is 10.0. The smallest absolute Gasteiger partial charge is 0.329 e. The van der Waals surface area contributed by atoms with Crippen molar-refractivity contribution in [2.75, 3.05) is 35.2 Å². The van der Waals surface area contributed by atoms with Gasteiger partial charge in [0.05, 0.1) is 4.92 Å². The van der Waals surface area contributed by atoms with E-state index in [1.807, 2.05) is 18.7 Å². The molecule has 7 nitrogen and oxygen atoms in total. The Hall–Kier alpha value is -1.57. The summed E-state index contributed by atoms with van der Waals surface area (Å²) in [6.45, 7) is 3.52. The monoisotopic (exact) mass is 311 g/mol. The van der Waals surface area contributed by atoms with Gasteiger partial charge in [-0.2, -0.15) is 16.7 Å². The van der Waals surface area contributed by atoms with E-state index in [0.29, 0.717) is 17.7 Å². The van der Waals surface area contributed by atoms with Gasteiger partial charge in [-0.15, -0.1) is 0 Å². The normalized spacial score (nSPS) is 15.7. The van der Waals surface area contributed by atoms with Crippen molar-refractivity contribution in [3.63, 3.8) is 0 Å². The van der Waals surface area contributed by atoms with Crippen molar-refractivity contribution in [3.8, 4) is 0 Å². The number of nitrogens with zero attached hydrogens (tertiary/aromatic N) is 3. The molecule has 0 bridgehead atoms. The molecule has 0 atom stereocenters. The van der Waals surface area contributed by atoms with Crippen LogP contribution in [0.3, 0.4) is 0 Å². The molecule has 2 heterocycles. The lowest BCUT2D eigenvalue weighted by Crippen LogP contribution is -2.20. The second-order valence-electron chi connectivity index (χ2n) is 5.05. The SMILES string of the molecule is CCCNc1ncc([N+](=O)[O-])c(NCC2CCSCC2)n1. The zero-order valence-corrected chi connectivity index (χ0v) is 13.0. The number of aromatic nitrogens is 2. The molecule has 8 heteroatoms. The van der Waals surface area contributed by atoms with Crippen molar-refractivity contribution in [1.82, 2.24) is 9.97 Å². The van der Waals surface area contributed by atoms with Gasteiger partial charge < -0.3 is 10.6 Å². The van der Waals surface area contributed by atoms with Gasteiger partial charge in [0.1, 0.15) is 6.20 Å². The molecule has 1 saturated heterocycles. The first kappa shape index (κ1) is 15.8. The van der Waals surface area contributed by atoms with Crippen molar-refractivity contribution >= 4 is 29.2 Å². The minimum absolute atomic E-state index is 0.0674. The topological polar surface area (TPSA) is 93.0 Å². The second kappa shape index (κ2) is 8.02. The van der Waals surface area contributed by atoms with E-state index in [0.717, 1.165) is 32.4 Å². The predicted molar refractivity (Wildman–Crippen MR) is 86.0 cm³/mol. The second-order valence-corrected chi connectivity index (χ2v) is 6.27. The number of rotatable bonds is 7. The molecule has 1 aliphatic rings. The highest BCUT2D eigenvalue weighted by Gasteiger charge is 2.19. The molecule has 1 aliphatic heterocycles. The van der Waals surface area contributed by atoms with Crippen LogP contribution < -0.4 is 10.6 Å². The Labute approximate surface area is 128 Å². The predicted octanol–water partition coefficient (Wildman–Crippen LogP) is 2.76. The van der Waals surface area contributed by atoms with Crippen LogP contribution >= 0.6 is 11.8 Å². The molecule has 1 fully saturated rings. The van der Waals surface area contributed by atoms with Crippen molar-refractivity contribution in [2.45, 2.75) is 26.2 Å². The highest BCUT2D eigenvalue weighted by atomic mass is 32.2. The summed E-state index contributed by atoms with van der Waals surface area (Å²) in [6.07, 6.45) is 4.52. The molecule has 21 heavy (non-hydrogen) atoms. The van der Waals surface area contributed by atoms with Crippen molar-refractivity contribution in [1.29, 1.82) is 0 Å². The summed E-state index contributed by atoms with van der Waals surface area (Å²) in [5, 5.41) is 17.2. The van der Waals surface area contributed by atoms with Gasteiger partial charge in [-0.1, -0.05) is 6.92 Å². The van der Waals surface area contributed by atoms with Crippen LogP contribution in [0.25, 0.3) is 0 Å². The average molecular weight is 311 g/mol. The molecule has 2 rings (SSSR count). The molecule has 0 aliphatic carbocycles. The van der Waals surface area contributed by atoms with E-state index in [2.05, 4.69) is 20.6 Å². The fourth-order valence-corrected chi connectivity index (χ4v) is 3.36. The standard InChI is InChI=1S/C13H21N5O2S/c1-2-5-14-13-16-9-11(18(19)20)12(17-13)15-8-10-3-6-21-7-4-10/h9-10H,2-8H2,1H3,(H2,14,15,16,17). The van der Waals surface area contributed by atoms with Crippen LogP contribution in [0.1, 0.15) is 26.2 Å². The Balaban J connectivity index is 2.04. The lowest BCUT2D eigenvalue weighted by molar-refractivity contribution is -0.384. The minimum atomic E-state index is -0.442. The first-order chi connectivity index (χ1) is 10.2. The maximum Gasteiger partial charge on any atom is 0.329 e. The first-order valence-electron chi connectivity index (χ1n) is 7.27. The zero-order valence-electron chi connectivity index (χ0n) is 12.2. The van der Waals surface area contributed by atoms with E-state index < -0.39 is 4.92 Å². The number of nitrogens with one attached hydrogen (secondary N) is 2. The molecule has 0 radical (unpaired) electrons. The molecule has 0 saturated carbocycles. The summed E-state index contributed by atoms with van der Waals surface area (Å²) in [7, 11) is 0. The lowest BCUT2D eigenvalue weighted by Gasteiger charge is -2.21. The van der Waals surface area contributed by atoms with Gasteiger partial charge in [0, 0.05) is 13.1 Å². The quantitative estimate of drug-likeness (QED) is 0.590. The Morgan fingerprint density at radius 1 is 1.43 bits per heavy atom. The van der Waals surface area contributed by atoms with Crippen molar-refractivity contribution < 1.29 is 4.92 Å². The summed E-state index contributed by atoms with van der Waals surface area (Å²) in [5.41, 5.74) is -0.0674. The Bertz CT molecular complexity index is 480. The van der Waals surface area contributed by atoms with Crippen LogP contribution in [0.5, 0.6) is 0 Å². The third-order valence-corrected chi connectivity index (χ3v) is 4.45. The van der Waals surface area contributed by atoms with Crippen LogP contribution in [-0.2, 0) is 0 Å². The third-order valence-electron chi connectivity index (χ3n) is 3.40. The highest BCUT2D eigenvalue weighted by Crippen LogP contribution is 2.26. The van der Waals surface area contributed by atoms with Crippen LogP contribution in [0.4, 0.5) is 17.5 Å². The van der Waals surface area contributed by atoms with Gasteiger partial charge in [0.25, 0.3) is 0 Å². The molecule has 0 unspecified atom stereocenters. The number of thioether (sulfide) groups is 1. The van der Waals surface area contributed by atoms with E-state index in [1.165, 1.54) is 17.7 Å². The van der Waals surface area contributed by atoms with E-state index >= 15 is 0 Å². The molecule has 0 spiro atoms. The summed E-state index contributed by atoms with van der Waals surface area (Å²) < 4.78 is 0. The summed E-state index contributed by atoms with van der Waals surface area (Å²) in [4.78, 5) is 18.8. The van der Waals surface area contributed by atoms with E-state index in [1.54, 1.807) is 0 Å². The van der Waals surface area contributed by atoms with Gasteiger partial charge in [-0.05, 0) is 36.7 Å². The minimum Gasteiger partial charge on any atom is -0.364 e. The molecular weight excluding hydrogens is 290 g/mol. The van der Waals surface area contributed by atoms with Gasteiger partial charge in [0.15, 0.2) is 0 Å². The molecular formula is C13H21N5O2S. The zero-order chi connectivity index (χ0) is 15.1. The van der Waals surface area contributed by atoms with Crippen LogP contribution in [-0.4, -0.2) is 39.5 Å². The maximum atomic E-state index is 11.1. The number of hydrogen-bond donors (Lipinski definition) is 2. The number of nitro groups is 1. The maximum absolute atomic E-state index is 11.1. The fourth-order valence-electron chi connectivity index (χ4n) is 2.15. The summed E-state index contributed by atoms with van der Waals surface area (Å²) >= 11 is 1.97. The Morgan fingerprint density at radius 2 is 2.19 bits per heavy atom. The van der Waals surface area contributed by atoms with Gasteiger partial charge in [-0.3, -0.25) is 10.1 Å². The van der Waals surface area contributed by atoms with Gasteiger partial charge in [-0.25, -0.2) is 4.98 Å². The van der Waals surface area contributed by atoms with E-state index in [9.17, 15) is 10.1 Å². The van der Waals surface area contributed by atoms with Crippen LogP contribution in [0, 0.1) is 16.0 Å². The molecule has 1 aromatic heterocycles. The molecule has 2 N–H and O–H groups in total. The summed E-state index contributed by atoms with van der Waals surface area (Å²) in [5.74, 6) is 3.65. The van der Waals surface area contributed by atoms with Gasteiger partial charge >= 0.3 is 5.69 Å². The number of hydrogen-bond acceptors (Lipinski definition) is 7. The Kier molecular flexibility index (Phi) is 6.04. The van der Waals surface area contributed by atoms with Crippen molar-refractivity contribution in [3.05, 3.63) is 16.3 Å². The molecule has 116 valence electrons. The first-order valence-corrected chi connectivity index (χ1v) is 8.43. The third kappa shape index (κ3) is 4.73. The van der Waals surface area contributed by atoms with Crippen LogP contribution in [0.15, 0.2) is 6.20 Å². The molecule has 0 aromatic carbocycles. The molecule has 0 amide bonds. The van der Waals surface area contributed by atoms with E-state index in [-0.39, 0.29) is 5.69 Å². The van der Waals surface area contributed by atoms with Crippen LogP contribution in [0.2, 0.25) is 0 Å². The average Bonchev–Trinajstić information content (AvgIpc) is 2.51. The van der Waals surface area contributed by atoms with E-state index in [4.69, 9.17) is 0 Å². The largest absolute Gasteiger partial charge is 0.364 e. The number of anilines is 2. The summed E-state index contributed by atoms with van der Waals surface area (Å²) in [6, 6.07) is 0. The highest BCUT2D eigenvalue weighted by molar-refractivity contribution is 7.99. The fraction of sp³-hybridized carbons (Fsp3) is 0.692.